The SMILES string of the molecule is CCN(Cc1c(F)cccc1F)C(=O)[C@@H]1C[C@@H]1C(=O)O. The van der Waals surface area contributed by atoms with Gasteiger partial charge in [-0.3, -0.25) is 9.59 Å². The summed E-state index contributed by atoms with van der Waals surface area (Å²) in [6.07, 6.45) is 0.296. The molecule has 1 aliphatic rings. The number of nitrogens with zero attached hydrogens (tertiary/aromatic N) is 1. The lowest BCUT2D eigenvalue weighted by molar-refractivity contribution is -0.142. The topological polar surface area (TPSA) is 57.6 Å². The zero-order chi connectivity index (χ0) is 14.9. The number of amides is 1. The van der Waals surface area contributed by atoms with E-state index in [2.05, 4.69) is 0 Å². The second kappa shape index (κ2) is 5.56. The maximum atomic E-state index is 13.6. The van der Waals surface area contributed by atoms with E-state index in [1.807, 2.05) is 0 Å². The second-order valence-electron chi connectivity index (χ2n) is 4.84. The Labute approximate surface area is 115 Å². The largest absolute Gasteiger partial charge is 0.481 e. The van der Waals surface area contributed by atoms with Crippen molar-refractivity contribution in [3.63, 3.8) is 0 Å². The minimum atomic E-state index is -1.00. The zero-order valence-electron chi connectivity index (χ0n) is 11.0. The van der Waals surface area contributed by atoms with Gasteiger partial charge in [-0.2, -0.15) is 0 Å². The molecule has 2 atom stereocenters. The number of carboxylic acid groups (broad SMARTS) is 1. The molecule has 6 heteroatoms. The van der Waals surface area contributed by atoms with Crippen LogP contribution < -0.4 is 0 Å². The van der Waals surface area contributed by atoms with Gasteiger partial charge < -0.3 is 10.0 Å². The van der Waals surface area contributed by atoms with Crippen molar-refractivity contribution in [2.24, 2.45) is 11.8 Å². The summed E-state index contributed by atoms with van der Waals surface area (Å²) in [7, 11) is 0. The van der Waals surface area contributed by atoms with E-state index in [1.165, 1.54) is 11.0 Å². The zero-order valence-corrected chi connectivity index (χ0v) is 11.0. The van der Waals surface area contributed by atoms with Crippen molar-refractivity contribution in [3.05, 3.63) is 35.4 Å². The van der Waals surface area contributed by atoms with Gasteiger partial charge >= 0.3 is 5.97 Å². The molecule has 1 aromatic rings. The van der Waals surface area contributed by atoms with Crippen LogP contribution in [-0.4, -0.2) is 28.4 Å². The summed E-state index contributed by atoms with van der Waals surface area (Å²) in [6.45, 7) is 1.78. The highest BCUT2D eigenvalue weighted by Crippen LogP contribution is 2.40. The van der Waals surface area contributed by atoms with Crippen LogP contribution in [0.2, 0.25) is 0 Å². The molecule has 20 heavy (non-hydrogen) atoms. The van der Waals surface area contributed by atoms with Gasteiger partial charge in [-0.15, -0.1) is 0 Å². The lowest BCUT2D eigenvalue weighted by Crippen LogP contribution is -2.33. The van der Waals surface area contributed by atoms with Crippen LogP contribution >= 0.6 is 0 Å². The van der Waals surface area contributed by atoms with Crippen LogP contribution in [0.15, 0.2) is 18.2 Å². The van der Waals surface area contributed by atoms with Crippen LogP contribution in [0, 0.1) is 23.5 Å². The summed E-state index contributed by atoms with van der Waals surface area (Å²) >= 11 is 0. The minimum Gasteiger partial charge on any atom is -0.481 e. The molecule has 1 aliphatic carbocycles. The van der Waals surface area contributed by atoms with Crippen molar-refractivity contribution < 1.29 is 23.5 Å². The maximum absolute atomic E-state index is 13.6. The maximum Gasteiger partial charge on any atom is 0.307 e. The molecule has 0 saturated heterocycles. The normalized spacial score (nSPS) is 20.6. The number of benzene rings is 1. The van der Waals surface area contributed by atoms with E-state index in [9.17, 15) is 18.4 Å². The van der Waals surface area contributed by atoms with Gasteiger partial charge in [0, 0.05) is 12.1 Å². The second-order valence-corrected chi connectivity index (χ2v) is 4.84. The number of halogens is 2. The summed E-state index contributed by atoms with van der Waals surface area (Å²) < 4.78 is 27.1. The number of aliphatic carboxylic acids is 1. The van der Waals surface area contributed by atoms with Crippen molar-refractivity contribution in [3.8, 4) is 0 Å². The Balaban J connectivity index is 2.10. The third-order valence-electron chi connectivity index (χ3n) is 3.53. The Morgan fingerprint density at radius 3 is 2.35 bits per heavy atom. The average molecular weight is 283 g/mol. The molecule has 1 amide bonds. The summed E-state index contributed by atoms with van der Waals surface area (Å²) in [4.78, 5) is 24.1. The van der Waals surface area contributed by atoms with E-state index < -0.39 is 29.4 Å². The Hall–Kier alpha value is -1.98. The Kier molecular flexibility index (Phi) is 4.01. The first-order chi connectivity index (χ1) is 9.45. The number of carbonyl (C=O) groups excluding carboxylic acids is 1. The first-order valence-electron chi connectivity index (χ1n) is 6.40. The average Bonchev–Trinajstić information content (AvgIpc) is 3.18. The van der Waals surface area contributed by atoms with Crippen LogP contribution in [0.1, 0.15) is 18.9 Å². The lowest BCUT2D eigenvalue weighted by Gasteiger charge is -2.21. The molecule has 0 heterocycles. The quantitative estimate of drug-likeness (QED) is 0.899. The predicted octanol–water partition coefficient (Wildman–Crippen LogP) is 2.03. The van der Waals surface area contributed by atoms with Crippen LogP contribution in [0.5, 0.6) is 0 Å². The number of hydrogen-bond acceptors (Lipinski definition) is 2. The third kappa shape index (κ3) is 2.79. The summed E-state index contributed by atoms with van der Waals surface area (Å²) in [5.41, 5.74) is -0.171. The predicted molar refractivity (Wildman–Crippen MR) is 66.7 cm³/mol. The molecule has 108 valence electrons. The van der Waals surface area contributed by atoms with Gasteiger partial charge in [0.15, 0.2) is 0 Å². The van der Waals surface area contributed by atoms with Gasteiger partial charge in [0.05, 0.1) is 18.4 Å². The fourth-order valence-electron chi connectivity index (χ4n) is 2.20. The van der Waals surface area contributed by atoms with E-state index in [-0.39, 0.29) is 24.6 Å². The molecule has 1 fully saturated rings. The Bertz CT molecular complexity index is 527. The van der Waals surface area contributed by atoms with Crippen LogP contribution in [0.3, 0.4) is 0 Å². The van der Waals surface area contributed by atoms with E-state index in [0.29, 0.717) is 6.42 Å². The van der Waals surface area contributed by atoms with E-state index in [0.717, 1.165) is 12.1 Å². The third-order valence-corrected chi connectivity index (χ3v) is 3.53. The first kappa shape index (κ1) is 14.4. The van der Waals surface area contributed by atoms with Crippen molar-refractivity contribution in [2.45, 2.75) is 19.9 Å². The molecular formula is C14H15F2NO3. The van der Waals surface area contributed by atoms with E-state index >= 15 is 0 Å². The van der Waals surface area contributed by atoms with Crippen LogP contribution in [-0.2, 0) is 16.1 Å². The van der Waals surface area contributed by atoms with Gasteiger partial charge in [-0.05, 0) is 25.5 Å². The Morgan fingerprint density at radius 1 is 1.30 bits per heavy atom. The molecular weight excluding hydrogens is 268 g/mol. The molecule has 4 nitrogen and oxygen atoms in total. The highest BCUT2D eigenvalue weighted by molar-refractivity contribution is 5.89. The summed E-state index contributed by atoms with van der Waals surface area (Å²) in [5, 5.41) is 8.81. The molecule has 1 aromatic carbocycles. The summed E-state index contributed by atoms with van der Waals surface area (Å²) in [5.74, 6) is -4.01. The monoisotopic (exact) mass is 283 g/mol. The molecule has 0 bridgehead atoms. The van der Waals surface area contributed by atoms with Gasteiger partial charge in [0.25, 0.3) is 0 Å². The fourth-order valence-corrected chi connectivity index (χ4v) is 2.20. The van der Waals surface area contributed by atoms with Crippen molar-refractivity contribution in [2.75, 3.05) is 6.54 Å². The van der Waals surface area contributed by atoms with Crippen molar-refractivity contribution in [1.29, 1.82) is 0 Å². The number of rotatable bonds is 5. The summed E-state index contributed by atoms with van der Waals surface area (Å²) in [6, 6.07) is 3.52. The smallest absolute Gasteiger partial charge is 0.307 e. The lowest BCUT2D eigenvalue weighted by atomic mass is 10.1. The first-order valence-corrected chi connectivity index (χ1v) is 6.40. The van der Waals surface area contributed by atoms with Crippen molar-refractivity contribution >= 4 is 11.9 Å². The number of carboxylic acids is 1. The van der Waals surface area contributed by atoms with E-state index in [1.54, 1.807) is 6.92 Å². The van der Waals surface area contributed by atoms with Crippen LogP contribution in [0.25, 0.3) is 0 Å². The fraction of sp³-hybridized carbons (Fsp3) is 0.429. The molecule has 2 rings (SSSR count). The van der Waals surface area contributed by atoms with Gasteiger partial charge in [-0.25, -0.2) is 8.78 Å². The molecule has 0 unspecified atom stereocenters. The molecule has 0 aliphatic heterocycles. The molecule has 1 saturated carbocycles. The highest BCUT2D eigenvalue weighted by atomic mass is 19.1. The molecule has 0 aromatic heterocycles. The van der Waals surface area contributed by atoms with Crippen molar-refractivity contribution in [1.82, 2.24) is 4.90 Å². The number of carbonyl (C=O) groups is 2. The molecule has 0 spiro atoms. The number of hydrogen-bond donors (Lipinski definition) is 1. The highest BCUT2D eigenvalue weighted by Gasteiger charge is 2.49. The van der Waals surface area contributed by atoms with Gasteiger partial charge in [-0.1, -0.05) is 6.07 Å². The minimum absolute atomic E-state index is 0.171. The Morgan fingerprint density at radius 2 is 1.90 bits per heavy atom. The van der Waals surface area contributed by atoms with Gasteiger partial charge in [0.2, 0.25) is 5.91 Å². The molecule has 0 radical (unpaired) electrons. The van der Waals surface area contributed by atoms with E-state index in [4.69, 9.17) is 5.11 Å². The molecule has 1 N–H and O–H groups in total. The van der Waals surface area contributed by atoms with Crippen LogP contribution in [0.4, 0.5) is 8.78 Å². The van der Waals surface area contributed by atoms with Gasteiger partial charge in [0.1, 0.15) is 11.6 Å². The standard InChI is InChI=1S/C14H15F2NO3/c1-2-17(13(18)8-6-9(8)14(19)20)7-10-11(15)4-3-5-12(10)16/h3-5,8-9H,2,6-7H2,1H3,(H,19,20)/t8-,9+/m1/s1.